The number of hydrogen-bond acceptors (Lipinski definition) is 5. The van der Waals surface area contributed by atoms with Crippen molar-refractivity contribution in [2.75, 3.05) is 11.9 Å². The molecule has 0 aliphatic heterocycles. The number of halogens is 2. The molecule has 19 heavy (non-hydrogen) atoms. The van der Waals surface area contributed by atoms with Gasteiger partial charge in [0.05, 0.1) is 11.7 Å². The number of benzene rings is 1. The maximum Gasteiger partial charge on any atom is 0.320 e. The van der Waals surface area contributed by atoms with Gasteiger partial charge in [0.1, 0.15) is 5.82 Å². The van der Waals surface area contributed by atoms with Gasteiger partial charge in [0, 0.05) is 4.47 Å². The minimum absolute atomic E-state index is 0.00953. The van der Waals surface area contributed by atoms with Gasteiger partial charge in [-0.25, -0.2) is 4.39 Å². The molecule has 1 aromatic heterocycles. The second-order valence-corrected chi connectivity index (χ2v) is 4.83. The number of nitrogens with zero attached hydrogens (tertiary/aromatic N) is 2. The summed E-state index contributed by atoms with van der Waals surface area (Å²) in [4.78, 5) is 0. The third-order valence-electron chi connectivity index (χ3n) is 2.49. The Morgan fingerprint density at radius 3 is 2.89 bits per heavy atom. The van der Waals surface area contributed by atoms with Gasteiger partial charge in [-0.15, -0.1) is 5.10 Å². The molecule has 0 amide bonds. The number of hydrogen-bond donors (Lipinski definition) is 2. The first-order chi connectivity index (χ1) is 9.10. The summed E-state index contributed by atoms with van der Waals surface area (Å²) < 4.78 is 19.0. The first-order valence-electron chi connectivity index (χ1n) is 5.89. The Labute approximate surface area is 118 Å². The second-order valence-electron chi connectivity index (χ2n) is 3.97. The van der Waals surface area contributed by atoms with Crippen molar-refractivity contribution in [3.63, 3.8) is 0 Å². The lowest BCUT2D eigenvalue weighted by Gasteiger charge is -2.06. The summed E-state index contributed by atoms with van der Waals surface area (Å²) in [5, 5.41) is 14.0. The van der Waals surface area contributed by atoms with E-state index in [2.05, 4.69) is 36.8 Å². The zero-order valence-corrected chi connectivity index (χ0v) is 12.2. The van der Waals surface area contributed by atoms with Crippen LogP contribution in [0.2, 0.25) is 0 Å². The average Bonchev–Trinajstić information content (AvgIpc) is 2.82. The maximum absolute atomic E-state index is 13.0. The van der Waals surface area contributed by atoms with Gasteiger partial charge in [0.25, 0.3) is 0 Å². The number of nitrogens with one attached hydrogen (secondary N) is 2. The van der Waals surface area contributed by atoms with E-state index in [9.17, 15) is 4.39 Å². The van der Waals surface area contributed by atoms with Gasteiger partial charge >= 0.3 is 6.01 Å². The first kappa shape index (κ1) is 14.0. The SMILES string of the molecule is CCNC(C)c1nnc(Nc2ccc(F)cc2Br)o1. The van der Waals surface area contributed by atoms with E-state index in [-0.39, 0.29) is 17.9 Å². The molecule has 2 aromatic rings. The molecule has 5 nitrogen and oxygen atoms in total. The zero-order chi connectivity index (χ0) is 13.8. The fraction of sp³-hybridized carbons (Fsp3) is 0.333. The van der Waals surface area contributed by atoms with Crippen LogP contribution in [0, 0.1) is 5.82 Å². The molecule has 2 rings (SSSR count). The summed E-state index contributed by atoms with van der Waals surface area (Å²) in [6, 6.07) is 4.57. The highest BCUT2D eigenvalue weighted by atomic mass is 79.9. The fourth-order valence-electron chi connectivity index (χ4n) is 1.56. The van der Waals surface area contributed by atoms with Crippen molar-refractivity contribution in [1.29, 1.82) is 0 Å². The highest BCUT2D eigenvalue weighted by Gasteiger charge is 2.13. The van der Waals surface area contributed by atoms with Crippen LogP contribution in [0.25, 0.3) is 0 Å². The van der Waals surface area contributed by atoms with Gasteiger partial charge in [-0.3, -0.25) is 0 Å². The van der Waals surface area contributed by atoms with Gasteiger partial charge in [-0.05, 0) is 47.6 Å². The van der Waals surface area contributed by atoms with E-state index in [1.807, 2.05) is 13.8 Å². The minimum atomic E-state index is -0.315. The lowest BCUT2D eigenvalue weighted by molar-refractivity contribution is 0.430. The Bertz CT molecular complexity index is 560. The quantitative estimate of drug-likeness (QED) is 0.880. The zero-order valence-electron chi connectivity index (χ0n) is 10.6. The van der Waals surface area contributed by atoms with E-state index >= 15 is 0 Å². The fourth-order valence-corrected chi connectivity index (χ4v) is 2.01. The summed E-state index contributed by atoms with van der Waals surface area (Å²) in [6.07, 6.45) is 0. The topological polar surface area (TPSA) is 63.0 Å². The lowest BCUT2D eigenvalue weighted by Crippen LogP contribution is -2.17. The van der Waals surface area contributed by atoms with Crippen LogP contribution in [0.15, 0.2) is 27.1 Å². The summed E-state index contributed by atoms with van der Waals surface area (Å²) in [5.74, 6) is 0.187. The van der Waals surface area contributed by atoms with Gasteiger partial charge in [-0.1, -0.05) is 12.0 Å². The van der Waals surface area contributed by atoms with Crippen LogP contribution in [0.3, 0.4) is 0 Å². The summed E-state index contributed by atoms with van der Waals surface area (Å²) in [6.45, 7) is 4.76. The predicted octanol–water partition coefficient (Wildman–Crippen LogP) is 3.39. The average molecular weight is 329 g/mol. The van der Waals surface area contributed by atoms with Crippen LogP contribution < -0.4 is 10.6 Å². The van der Waals surface area contributed by atoms with Crippen LogP contribution >= 0.6 is 15.9 Å². The molecule has 0 saturated carbocycles. The van der Waals surface area contributed by atoms with E-state index in [1.54, 1.807) is 6.07 Å². The Balaban J connectivity index is 2.11. The van der Waals surface area contributed by atoms with Crippen molar-refractivity contribution in [2.45, 2.75) is 19.9 Å². The van der Waals surface area contributed by atoms with E-state index < -0.39 is 0 Å². The molecule has 102 valence electrons. The lowest BCUT2D eigenvalue weighted by atomic mass is 10.3. The highest BCUT2D eigenvalue weighted by Crippen LogP contribution is 2.26. The summed E-state index contributed by atoms with van der Waals surface area (Å²) in [7, 11) is 0. The Morgan fingerprint density at radius 1 is 1.42 bits per heavy atom. The van der Waals surface area contributed by atoms with Gasteiger partial charge in [0.15, 0.2) is 0 Å². The molecule has 1 heterocycles. The monoisotopic (exact) mass is 328 g/mol. The van der Waals surface area contributed by atoms with E-state index in [0.29, 0.717) is 16.1 Å². The second kappa shape index (κ2) is 6.12. The molecule has 0 spiro atoms. The van der Waals surface area contributed by atoms with Crippen LogP contribution in [0.1, 0.15) is 25.8 Å². The Hall–Kier alpha value is -1.47. The smallest absolute Gasteiger partial charge is 0.320 e. The van der Waals surface area contributed by atoms with Crippen molar-refractivity contribution >= 4 is 27.6 Å². The molecule has 0 bridgehead atoms. The van der Waals surface area contributed by atoms with Crippen molar-refractivity contribution in [1.82, 2.24) is 15.5 Å². The van der Waals surface area contributed by atoms with Crippen molar-refractivity contribution in [3.05, 3.63) is 34.4 Å². The molecule has 0 saturated heterocycles. The van der Waals surface area contributed by atoms with Crippen LogP contribution in [0.4, 0.5) is 16.1 Å². The highest BCUT2D eigenvalue weighted by molar-refractivity contribution is 9.10. The first-order valence-corrected chi connectivity index (χ1v) is 6.68. The molecular formula is C12H14BrFN4O. The third kappa shape index (κ3) is 3.51. The van der Waals surface area contributed by atoms with Crippen molar-refractivity contribution < 1.29 is 8.81 Å². The van der Waals surface area contributed by atoms with Gasteiger partial charge in [0.2, 0.25) is 5.89 Å². The molecule has 2 N–H and O–H groups in total. The van der Waals surface area contributed by atoms with E-state index in [4.69, 9.17) is 4.42 Å². The minimum Gasteiger partial charge on any atom is -0.406 e. The summed E-state index contributed by atoms with van der Waals surface area (Å²) in [5.41, 5.74) is 0.660. The van der Waals surface area contributed by atoms with E-state index in [0.717, 1.165) is 6.54 Å². The van der Waals surface area contributed by atoms with Crippen LogP contribution in [-0.2, 0) is 0 Å². The molecule has 7 heteroatoms. The van der Waals surface area contributed by atoms with Crippen molar-refractivity contribution in [3.8, 4) is 0 Å². The molecule has 1 atom stereocenters. The standard InChI is InChI=1S/C12H14BrFN4O/c1-3-15-7(2)11-17-18-12(19-11)16-10-5-4-8(14)6-9(10)13/h4-7,15H,3H2,1-2H3,(H,16,18). The largest absolute Gasteiger partial charge is 0.406 e. The van der Waals surface area contributed by atoms with Crippen LogP contribution in [-0.4, -0.2) is 16.7 Å². The van der Waals surface area contributed by atoms with Crippen molar-refractivity contribution in [2.24, 2.45) is 0 Å². The molecule has 0 radical (unpaired) electrons. The molecule has 1 unspecified atom stereocenters. The van der Waals surface area contributed by atoms with Gasteiger partial charge < -0.3 is 15.1 Å². The molecule has 0 aliphatic rings. The third-order valence-corrected chi connectivity index (χ3v) is 3.15. The summed E-state index contributed by atoms with van der Waals surface area (Å²) >= 11 is 3.26. The molecule has 0 aliphatic carbocycles. The molecule has 0 fully saturated rings. The Kier molecular flexibility index (Phi) is 4.49. The number of rotatable bonds is 5. The normalized spacial score (nSPS) is 12.4. The Morgan fingerprint density at radius 2 is 2.21 bits per heavy atom. The van der Waals surface area contributed by atoms with Gasteiger partial charge in [-0.2, -0.15) is 0 Å². The number of aromatic nitrogens is 2. The van der Waals surface area contributed by atoms with Crippen LogP contribution in [0.5, 0.6) is 0 Å². The molecular weight excluding hydrogens is 315 g/mol. The van der Waals surface area contributed by atoms with E-state index in [1.165, 1.54) is 12.1 Å². The molecule has 1 aromatic carbocycles. The number of anilines is 2. The maximum atomic E-state index is 13.0. The predicted molar refractivity (Wildman–Crippen MR) is 73.8 cm³/mol.